The number of nitrogens with one attached hydrogen (secondary N) is 1. The predicted octanol–water partition coefficient (Wildman–Crippen LogP) is 0.917. The van der Waals surface area contributed by atoms with Crippen LogP contribution >= 0.6 is 0 Å². The minimum absolute atomic E-state index is 0.0816. The average molecular weight is 242 g/mol. The Balaban J connectivity index is 2.34. The number of sulfonamides is 1. The molecule has 0 aliphatic heterocycles. The van der Waals surface area contributed by atoms with Crippen LogP contribution in [0.25, 0.3) is 0 Å². The molecular weight excluding hydrogens is 228 g/mol. The topological polar surface area (TPSA) is 81.4 Å². The van der Waals surface area contributed by atoms with Gasteiger partial charge in [0.1, 0.15) is 10.6 Å². The van der Waals surface area contributed by atoms with E-state index in [1.165, 1.54) is 6.07 Å². The Morgan fingerprint density at radius 3 is 2.62 bits per heavy atom. The van der Waals surface area contributed by atoms with Crippen LogP contribution < -0.4 is 15.2 Å². The Bertz CT molecular complexity index is 495. The molecule has 0 bridgehead atoms. The molecule has 1 aromatic rings. The molecule has 0 unspecified atom stereocenters. The van der Waals surface area contributed by atoms with Crippen LogP contribution in [-0.4, -0.2) is 21.6 Å². The van der Waals surface area contributed by atoms with Crippen LogP contribution in [0.4, 0.5) is 5.69 Å². The molecule has 2 rings (SSSR count). The van der Waals surface area contributed by atoms with Gasteiger partial charge < -0.3 is 10.1 Å². The van der Waals surface area contributed by atoms with Crippen molar-refractivity contribution >= 4 is 15.7 Å². The number of primary sulfonamides is 1. The van der Waals surface area contributed by atoms with Crippen molar-refractivity contribution in [3.05, 3.63) is 18.2 Å². The Labute approximate surface area is 94.6 Å². The predicted molar refractivity (Wildman–Crippen MR) is 61.0 cm³/mol. The molecule has 0 atom stereocenters. The van der Waals surface area contributed by atoms with E-state index in [2.05, 4.69) is 5.32 Å². The van der Waals surface area contributed by atoms with Crippen molar-refractivity contribution in [2.24, 2.45) is 5.14 Å². The summed E-state index contributed by atoms with van der Waals surface area (Å²) in [5.41, 5.74) is 0.459. The average Bonchev–Trinajstić information content (AvgIpc) is 3.00. The van der Waals surface area contributed by atoms with Crippen molar-refractivity contribution in [1.82, 2.24) is 0 Å². The molecule has 0 radical (unpaired) electrons. The fourth-order valence-electron chi connectivity index (χ4n) is 1.40. The monoisotopic (exact) mass is 242 g/mol. The van der Waals surface area contributed by atoms with E-state index in [0.29, 0.717) is 11.4 Å². The summed E-state index contributed by atoms with van der Waals surface area (Å²) < 4.78 is 28.1. The molecule has 0 aromatic heterocycles. The highest BCUT2D eigenvalue weighted by Crippen LogP contribution is 2.30. The van der Waals surface area contributed by atoms with E-state index >= 15 is 0 Å². The van der Waals surface area contributed by atoms with Gasteiger partial charge in [0.25, 0.3) is 0 Å². The van der Waals surface area contributed by atoms with Crippen LogP contribution in [0.5, 0.6) is 5.75 Å². The molecule has 3 N–H and O–H groups in total. The largest absolute Gasteiger partial charge is 0.490 e. The van der Waals surface area contributed by atoms with Gasteiger partial charge in [0.15, 0.2) is 0 Å². The van der Waals surface area contributed by atoms with Crippen LogP contribution in [0.15, 0.2) is 23.1 Å². The molecule has 0 spiro atoms. The Morgan fingerprint density at radius 2 is 2.12 bits per heavy atom. The van der Waals surface area contributed by atoms with Gasteiger partial charge in [0.05, 0.1) is 11.8 Å². The van der Waals surface area contributed by atoms with Crippen molar-refractivity contribution < 1.29 is 13.2 Å². The molecule has 1 aliphatic rings. The zero-order chi connectivity index (χ0) is 11.8. The van der Waals surface area contributed by atoms with Crippen molar-refractivity contribution in [2.75, 3.05) is 12.4 Å². The minimum Gasteiger partial charge on any atom is -0.490 e. The molecule has 5 nitrogen and oxygen atoms in total. The van der Waals surface area contributed by atoms with Crippen molar-refractivity contribution in [1.29, 1.82) is 0 Å². The summed E-state index contributed by atoms with van der Waals surface area (Å²) in [6, 6.07) is 4.73. The van der Waals surface area contributed by atoms with E-state index in [-0.39, 0.29) is 11.0 Å². The van der Waals surface area contributed by atoms with Crippen LogP contribution in [0.2, 0.25) is 0 Å². The second-order valence-electron chi connectivity index (χ2n) is 3.77. The Hall–Kier alpha value is -1.27. The van der Waals surface area contributed by atoms with E-state index in [0.717, 1.165) is 12.8 Å². The first kappa shape index (κ1) is 11.2. The Morgan fingerprint density at radius 1 is 1.44 bits per heavy atom. The van der Waals surface area contributed by atoms with Crippen LogP contribution in [0.1, 0.15) is 12.8 Å². The zero-order valence-corrected chi connectivity index (χ0v) is 9.75. The second kappa shape index (κ2) is 3.95. The van der Waals surface area contributed by atoms with Gasteiger partial charge in [0.2, 0.25) is 10.0 Å². The lowest BCUT2D eigenvalue weighted by molar-refractivity contribution is 0.303. The van der Waals surface area contributed by atoms with E-state index in [1.807, 2.05) is 0 Å². The number of hydrogen-bond donors (Lipinski definition) is 2. The first-order chi connectivity index (χ1) is 7.50. The number of ether oxygens (including phenoxy) is 1. The highest BCUT2D eigenvalue weighted by molar-refractivity contribution is 7.89. The van der Waals surface area contributed by atoms with Crippen molar-refractivity contribution in [3.8, 4) is 5.75 Å². The van der Waals surface area contributed by atoms with Gasteiger partial charge >= 0.3 is 0 Å². The van der Waals surface area contributed by atoms with Gasteiger partial charge in [-0.15, -0.1) is 0 Å². The van der Waals surface area contributed by atoms with Crippen molar-refractivity contribution in [3.63, 3.8) is 0 Å². The summed E-state index contributed by atoms with van der Waals surface area (Å²) in [5, 5.41) is 7.89. The van der Waals surface area contributed by atoms with Crippen molar-refractivity contribution in [2.45, 2.75) is 23.8 Å². The molecular formula is C10H14N2O3S. The lowest BCUT2D eigenvalue weighted by Gasteiger charge is -2.10. The first-order valence-electron chi connectivity index (χ1n) is 5.02. The molecule has 0 heterocycles. The Kier molecular flexibility index (Phi) is 2.77. The summed E-state index contributed by atoms with van der Waals surface area (Å²) in [6.07, 6.45) is 2.41. The number of hydrogen-bond acceptors (Lipinski definition) is 4. The summed E-state index contributed by atoms with van der Waals surface area (Å²) in [5.74, 6) is 0.666. The molecule has 1 aromatic carbocycles. The number of anilines is 1. The zero-order valence-electron chi connectivity index (χ0n) is 8.93. The number of nitrogens with two attached hydrogens (primary N) is 1. The second-order valence-corrected chi connectivity index (χ2v) is 5.30. The van der Waals surface area contributed by atoms with E-state index in [4.69, 9.17) is 9.88 Å². The molecule has 0 saturated heterocycles. The summed E-state index contributed by atoms with van der Waals surface area (Å²) in [4.78, 5) is 0.0816. The van der Waals surface area contributed by atoms with Gasteiger partial charge in [-0.3, -0.25) is 0 Å². The smallest absolute Gasteiger partial charge is 0.240 e. The number of benzene rings is 1. The lowest BCUT2D eigenvalue weighted by atomic mass is 10.3. The van der Waals surface area contributed by atoms with E-state index in [1.54, 1.807) is 19.2 Å². The van der Waals surface area contributed by atoms with Gasteiger partial charge in [-0.05, 0) is 25.0 Å². The van der Waals surface area contributed by atoms with E-state index in [9.17, 15) is 8.42 Å². The summed E-state index contributed by atoms with van der Waals surface area (Å²) in [6.45, 7) is 0. The van der Waals surface area contributed by atoms with Gasteiger partial charge in [0, 0.05) is 13.1 Å². The third-order valence-electron chi connectivity index (χ3n) is 2.35. The molecule has 6 heteroatoms. The molecule has 1 aliphatic carbocycles. The molecule has 88 valence electrons. The maximum atomic E-state index is 11.3. The summed E-state index contributed by atoms with van der Waals surface area (Å²) in [7, 11) is -2.05. The summed E-state index contributed by atoms with van der Waals surface area (Å²) >= 11 is 0. The fraction of sp³-hybridized carbons (Fsp3) is 0.400. The SMILES string of the molecule is CNc1cc(OC2CC2)ccc1S(N)(=O)=O. The third-order valence-corrected chi connectivity index (χ3v) is 3.32. The molecule has 1 saturated carbocycles. The van der Waals surface area contributed by atoms with Crippen LogP contribution in [0.3, 0.4) is 0 Å². The first-order valence-corrected chi connectivity index (χ1v) is 6.56. The van der Waals surface area contributed by atoms with Crippen LogP contribution in [-0.2, 0) is 10.0 Å². The fourth-order valence-corrected chi connectivity index (χ4v) is 2.13. The third kappa shape index (κ3) is 2.45. The van der Waals surface area contributed by atoms with Gasteiger partial charge in [-0.1, -0.05) is 0 Å². The van der Waals surface area contributed by atoms with Crippen LogP contribution in [0, 0.1) is 0 Å². The maximum Gasteiger partial charge on any atom is 0.240 e. The molecule has 1 fully saturated rings. The van der Waals surface area contributed by atoms with Gasteiger partial charge in [-0.2, -0.15) is 0 Å². The molecule has 0 amide bonds. The van der Waals surface area contributed by atoms with Gasteiger partial charge in [-0.25, -0.2) is 13.6 Å². The number of rotatable bonds is 4. The normalized spacial score (nSPS) is 15.9. The lowest BCUT2D eigenvalue weighted by Crippen LogP contribution is -2.14. The van der Waals surface area contributed by atoms with E-state index < -0.39 is 10.0 Å². The molecule has 16 heavy (non-hydrogen) atoms. The minimum atomic E-state index is -3.69. The maximum absolute atomic E-state index is 11.3. The standard InChI is InChI=1S/C10H14N2O3S/c1-12-9-6-8(15-7-2-3-7)4-5-10(9)16(11,13)14/h4-7,12H,2-3H2,1H3,(H2,11,13,14). The quantitative estimate of drug-likeness (QED) is 0.822. The highest BCUT2D eigenvalue weighted by Gasteiger charge is 2.24. The highest BCUT2D eigenvalue weighted by atomic mass is 32.2.